The lowest BCUT2D eigenvalue weighted by Gasteiger charge is -2.18. The van der Waals surface area contributed by atoms with Crippen molar-refractivity contribution in [1.82, 2.24) is 15.5 Å². The molecule has 21 heavy (non-hydrogen) atoms. The van der Waals surface area contributed by atoms with E-state index in [1.54, 1.807) is 19.0 Å². The quantitative estimate of drug-likeness (QED) is 0.292. The first-order chi connectivity index (χ1) is 9.26. The number of nitrogens with zero attached hydrogens (tertiary/aromatic N) is 2. The fourth-order valence-corrected chi connectivity index (χ4v) is 1.62. The van der Waals surface area contributed by atoms with Gasteiger partial charge in [-0.25, -0.2) is 4.99 Å². The average molecular weight is 412 g/mol. The Kier molecular flexibility index (Phi) is 13.1. The van der Waals surface area contributed by atoms with Gasteiger partial charge in [0, 0.05) is 27.2 Å². The van der Waals surface area contributed by atoms with Crippen LogP contribution in [-0.2, 0) is 4.79 Å². The number of aliphatic imine (C=N–C) groups is 1. The first-order valence-corrected chi connectivity index (χ1v) is 7.48. The van der Waals surface area contributed by atoms with Crippen molar-refractivity contribution in [3.63, 3.8) is 0 Å². The summed E-state index contributed by atoms with van der Waals surface area (Å²) in [6.07, 6.45) is 3.54. The smallest absolute Gasteiger partial charge is 0.243 e. The molecule has 0 rings (SSSR count). The van der Waals surface area contributed by atoms with Crippen LogP contribution in [0.5, 0.6) is 0 Å². The number of hydrogen-bond acceptors (Lipinski definition) is 2. The number of carbonyl (C=O) groups is 1. The highest BCUT2D eigenvalue weighted by atomic mass is 127. The number of amides is 1. The Bertz CT molecular complexity index is 311. The lowest BCUT2D eigenvalue weighted by Crippen LogP contribution is -2.38. The van der Waals surface area contributed by atoms with Crippen molar-refractivity contribution in [2.45, 2.75) is 47.0 Å². The van der Waals surface area contributed by atoms with Crippen LogP contribution in [0.4, 0.5) is 0 Å². The summed E-state index contributed by atoms with van der Waals surface area (Å²) in [5.41, 5.74) is 0.400. The molecular weight excluding hydrogens is 379 g/mol. The van der Waals surface area contributed by atoms with E-state index in [-0.39, 0.29) is 36.4 Å². The molecule has 0 aromatic carbocycles. The Morgan fingerprint density at radius 2 is 1.76 bits per heavy atom. The van der Waals surface area contributed by atoms with Gasteiger partial charge in [0.2, 0.25) is 5.91 Å². The zero-order chi connectivity index (χ0) is 15.6. The van der Waals surface area contributed by atoms with E-state index in [9.17, 15) is 4.79 Å². The molecule has 0 saturated carbocycles. The van der Waals surface area contributed by atoms with Crippen LogP contribution in [0.3, 0.4) is 0 Å². The van der Waals surface area contributed by atoms with Crippen LogP contribution >= 0.6 is 24.0 Å². The number of halogens is 1. The standard InChI is InChI=1S/C15H32N4O.HI/c1-7-16-14(18-12-13(20)19(5)6)17-11-9-8-10-15(2,3)4;/h7-12H2,1-6H3,(H2,16,17,18);1H. The predicted octanol–water partition coefficient (Wildman–Crippen LogP) is 2.46. The van der Waals surface area contributed by atoms with Crippen molar-refractivity contribution < 1.29 is 4.79 Å². The van der Waals surface area contributed by atoms with Gasteiger partial charge in [-0.3, -0.25) is 4.79 Å². The predicted molar refractivity (Wildman–Crippen MR) is 101 cm³/mol. The second-order valence-corrected chi connectivity index (χ2v) is 6.43. The molecule has 0 unspecified atom stereocenters. The van der Waals surface area contributed by atoms with E-state index in [2.05, 4.69) is 36.4 Å². The third kappa shape index (κ3) is 14.2. The molecule has 0 fully saturated rings. The van der Waals surface area contributed by atoms with Crippen LogP contribution in [0.1, 0.15) is 47.0 Å². The third-order valence-electron chi connectivity index (χ3n) is 2.86. The topological polar surface area (TPSA) is 56.7 Å². The zero-order valence-corrected chi connectivity index (χ0v) is 16.8. The molecule has 0 bridgehead atoms. The number of likely N-dealkylation sites (N-methyl/N-ethyl adjacent to an activating group) is 1. The Morgan fingerprint density at radius 3 is 2.24 bits per heavy atom. The summed E-state index contributed by atoms with van der Waals surface area (Å²) in [7, 11) is 3.48. The molecule has 5 nitrogen and oxygen atoms in total. The molecule has 126 valence electrons. The highest BCUT2D eigenvalue weighted by Gasteiger charge is 2.09. The summed E-state index contributed by atoms with van der Waals surface area (Å²) in [4.78, 5) is 17.3. The zero-order valence-electron chi connectivity index (χ0n) is 14.5. The third-order valence-corrected chi connectivity index (χ3v) is 2.86. The van der Waals surface area contributed by atoms with Gasteiger partial charge < -0.3 is 15.5 Å². The molecular formula is C15H33IN4O. The summed E-state index contributed by atoms with van der Waals surface area (Å²) < 4.78 is 0. The van der Waals surface area contributed by atoms with Gasteiger partial charge in [0.1, 0.15) is 6.54 Å². The summed E-state index contributed by atoms with van der Waals surface area (Å²) in [5.74, 6) is 0.730. The Balaban J connectivity index is 0. The monoisotopic (exact) mass is 412 g/mol. The van der Waals surface area contributed by atoms with Gasteiger partial charge in [0.15, 0.2) is 5.96 Å². The van der Waals surface area contributed by atoms with Crippen LogP contribution in [0.25, 0.3) is 0 Å². The first kappa shape index (κ1) is 22.7. The van der Waals surface area contributed by atoms with Crippen molar-refractivity contribution in [3.8, 4) is 0 Å². The van der Waals surface area contributed by atoms with E-state index in [0.717, 1.165) is 25.5 Å². The van der Waals surface area contributed by atoms with Crippen molar-refractivity contribution in [2.75, 3.05) is 33.7 Å². The van der Waals surface area contributed by atoms with Crippen LogP contribution in [0, 0.1) is 5.41 Å². The van der Waals surface area contributed by atoms with Gasteiger partial charge in [0.05, 0.1) is 0 Å². The lowest BCUT2D eigenvalue weighted by molar-refractivity contribution is -0.127. The maximum Gasteiger partial charge on any atom is 0.243 e. The van der Waals surface area contributed by atoms with Crippen LogP contribution in [-0.4, -0.2) is 50.5 Å². The fraction of sp³-hybridized carbons (Fsp3) is 0.867. The van der Waals surface area contributed by atoms with Gasteiger partial charge in [-0.1, -0.05) is 27.2 Å². The molecule has 0 radical (unpaired) electrons. The van der Waals surface area contributed by atoms with Crippen LogP contribution in [0.15, 0.2) is 4.99 Å². The minimum atomic E-state index is 0. The second-order valence-electron chi connectivity index (χ2n) is 6.43. The summed E-state index contributed by atoms with van der Waals surface area (Å²) in [6, 6.07) is 0. The molecule has 0 aliphatic carbocycles. The van der Waals surface area contributed by atoms with E-state index in [1.165, 1.54) is 12.8 Å². The Hall–Kier alpha value is -0.530. The molecule has 0 spiro atoms. The minimum Gasteiger partial charge on any atom is -0.357 e. The van der Waals surface area contributed by atoms with Crippen LogP contribution in [0.2, 0.25) is 0 Å². The van der Waals surface area contributed by atoms with E-state index in [1.807, 2.05) is 6.92 Å². The molecule has 6 heteroatoms. The molecule has 0 aliphatic heterocycles. The molecule has 0 aromatic rings. The molecule has 0 aliphatic rings. The molecule has 0 aromatic heterocycles. The van der Waals surface area contributed by atoms with Gasteiger partial charge in [-0.15, -0.1) is 24.0 Å². The lowest BCUT2D eigenvalue weighted by atomic mass is 9.90. The van der Waals surface area contributed by atoms with Gasteiger partial charge >= 0.3 is 0 Å². The Labute approximate surface area is 147 Å². The summed E-state index contributed by atoms with van der Waals surface area (Å²) >= 11 is 0. The van der Waals surface area contributed by atoms with Crippen LogP contribution < -0.4 is 10.6 Å². The molecule has 0 atom stereocenters. The van der Waals surface area contributed by atoms with E-state index >= 15 is 0 Å². The normalized spacial score (nSPS) is 11.6. The van der Waals surface area contributed by atoms with E-state index < -0.39 is 0 Å². The molecule has 0 saturated heterocycles. The molecule has 0 heterocycles. The average Bonchev–Trinajstić information content (AvgIpc) is 2.33. The maximum absolute atomic E-state index is 11.5. The van der Waals surface area contributed by atoms with Gasteiger partial charge in [-0.05, 0) is 25.2 Å². The SMILES string of the molecule is CCNC(=NCC(=O)N(C)C)NCCCCC(C)(C)C.I. The number of carbonyl (C=O) groups excluding carboxylic acids is 1. The minimum absolute atomic E-state index is 0. The summed E-state index contributed by atoms with van der Waals surface area (Å²) in [6.45, 7) is 10.7. The number of nitrogens with one attached hydrogen (secondary N) is 2. The summed E-state index contributed by atoms with van der Waals surface area (Å²) in [5, 5.41) is 6.42. The number of unbranched alkanes of at least 4 members (excludes halogenated alkanes) is 1. The molecule has 2 N–H and O–H groups in total. The second kappa shape index (κ2) is 12.1. The van der Waals surface area contributed by atoms with Crippen molar-refractivity contribution >= 4 is 35.8 Å². The Morgan fingerprint density at radius 1 is 1.14 bits per heavy atom. The number of guanidine groups is 1. The fourth-order valence-electron chi connectivity index (χ4n) is 1.62. The van der Waals surface area contributed by atoms with Gasteiger partial charge in [0.25, 0.3) is 0 Å². The maximum atomic E-state index is 11.5. The first-order valence-electron chi connectivity index (χ1n) is 7.48. The number of rotatable bonds is 7. The van der Waals surface area contributed by atoms with E-state index in [4.69, 9.17) is 0 Å². The van der Waals surface area contributed by atoms with Crippen molar-refractivity contribution in [3.05, 3.63) is 0 Å². The molecule has 1 amide bonds. The van der Waals surface area contributed by atoms with Crippen molar-refractivity contribution in [2.24, 2.45) is 10.4 Å². The highest BCUT2D eigenvalue weighted by molar-refractivity contribution is 14.0. The van der Waals surface area contributed by atoms with Gasteiger partial charge in [-0.2, -0.15) is 0 Å². The highest BCUT2D eigenvalue weighted by Crippen LogP contribution is 2.21. The van der Waals surface area contributed by atoms with E-state index in [0.29, 0.717) is 5.41 Å². The van der Waals surface area contributed by atoms with Crippen molar-refractivity contribution in [1.29, 1.82) is 0 Å². The largest absolute Gasteiger partial charge is 0.357 e. The number of hydrogen-bond donors (Lipinski definition) is 2.